The van der Waals surface area contributed by atoms with Crippen molar-refractivity contribution in [1.82, 2.24) is 19.4 Å². The zero-order chi connectivity index (χ0) is 15.9. The van der Waals surface area contributed by atoms with Crippen molar-refractivity contribution < 1.29 is 8.42 Å². The van der Waals surface area contributed by atoms with Gasteiger partial charge in [-0.1, -0.05) is 12.8 Å². The molecule has 0 unspecified atom stereocenters. The smallest absolute Gasteiger partial charge is 0.214 e. The SMILES string of the molecule is O=S(=O)(NC[C@@H]1CN(CC2CCCC2)Cc2ccnn21)C1CC1. The van der Waals surface area contributed by atoms with Crippen LogP contribution in [0.2, 0.25) is 0 Å². The molecule has 3 aliphatic rings. The molecule has 6 nitrogen and oxygen atoms in total. The van der Waals surface area contributed by atoms with Crippen LogP contribution < -0.4 is 4.72 Å². The molecule has 2 saturated carbocycles. The molecule has 4 rings (SSSR count). The largest absolute Gasteiger partial charge is 0.295 e. The Kier molecular flexibility index (Phi) is 4.19. The summed E-state index contributed by atoms with van der Waals surface area (Å²) < 4.78 is 29.0. The predicted molar refractivity (Wildman–Crippen MR) is 88.4 cm³/mol. The van der Waals surface area contributed by atoms with Crippen LogP contribution >= 0.6 is 0 Å². The molecule has 0 radical (unpaired) electrons. The number of rotatable bonds is 6. The Morgan fingerprint density at radius 1 is 1.22 bits per heavy atom. The highest BCUT2D eigenvalue weighted by molar-refractivity contribution is 7.90. The molecule has 0 spiro atoms. The summed E-state index contributed by atoms with van der Waals surface area (Å²) >= 11 is 0. The average Bonchev–Trinajstić information content (AvgIpc) is 3.08. The second-order valence-corrected chi connectivity index (χ2v) is 9.40. The Bertz CT molecular complexity index is 647. The Balaban J connectivity index is 1.42. The maximum Gasteiger partial charge on any atom is 0.214 e. The molecule has 0 aromatic carbocycles. The van der Waals surface area contributed by atoms with E-state index in [1.807, 2.05) is 10.9 Å². The highest BCUT2D eigenvalue weighted by atomic mass is 32.2. The van der Waals surface area contributed by atoms with E-state index < -0.39 is 10.0 Å². The topological polar surface area (TPSA) is 67.2 Å². The quantitative estimate of drug-likeness (QED) is 0.854. The zero-order valence-corrected chi connectivity index (χ0v) is 14.3. The molecule has 2 aliphatic carbocycles. The van der Waals surface area contributed by atoms with Gasteiger partial charge in [0, 0.05) is 32.4 Å². The van der Waals surface area contributed by atoms with E-state index in [2.05, 4.69) is 20.8 Å². The van der Waals surface area contributed by atoms with Crippen molar-refractivity contribution in [3.8, 4) is 0 Å². The number of hydrogen-bond donors (Lipinski definition) is 1. The van der Waals surface area contributed by atoms with Crippen molar-refractivity contribution in [3.05, 3.63) is 18.0 Å². The van der Waals surface area contributed by atoms with Gasteiger partial charge in [-0.2, -0.15) is 5.10 Å². The van der Waals surface area contributed by atoms with Crippen LogP contribution in [0.1, 0.15) is 50.3 Å². The lowest BCUT2D eigenvalue weighted by molar-refractivity contribution is 0.152. The third-order valence-electron chi connectivity index (χ3n) is 5.43. The van der Waals surface area contributed by atoms with Crippen LogP contribution in [-0.2, 0) is 16.6 Å². The number of nitrogens with zero attached hydrogens (tertiary/aromatic N) is 3. The molecule has 0 saturated heterocycles. The molecular formula is C16H26N4O2S. The summed E-state index contributed by atoms with van der Waals surface area (Å²) in [6.07, 6.45) is 8.85. The first-order chi connectivity index (χ1) is 11.1. The van der Waals surface area contributed by atoms with E-state index in [1.54, 1.807) is 0 Å². The minimum atomic E-state index is -3.12. The van der Waals surface area contributed by atoms with Crippen molar-refractivity contribution in [3.63, 3.8) is 0 Å². The van der Waals surface area contributed by atoms with Crippen LogP contribution in [0.25, 0.3) is 0 Å². The molecule has 0 amide bonds. The van der Waals surface area contributed by atoms with Crippen LogP contribution in [0.15, 0.2) is 12.3 Å². The van der Waals surface area contributed by atoms with Gasteiger partial charge in [0.25, 0.3) is 0 Å². The number of nitrogens with one attached hydrogen (secondary N) is 1. The second-order valence-electron chi connectivity index (χ2n) is 7.36. The summed E-state index contributed by atoms with van der Waals surface area (Å²) in [5.41, 5.74) is 1.20. The minimum Gasteiger partial charge on any atom is -0.295 e. The fourth-order valence-corrected chi connectivity index (χ4v) is 5.44. The summed E-state index contributed by atoms with van der Waals surface area (Å²) in [4.78, 5) is 2.49. The molecule has 1 aromatic rings. The third kappa shape index (κ3) is 3.46. The fourth-order valence-electron chi connectivity index (χ4n) is 4.02. The van der Waals surface area contributed by atoms with Crippen molar-refractivity contribution in [2.45, 2.75) is 56.4 Å². The molecule has 1 N–H and O–H groups in total. The van der Waals surface area contributed by atoms with Crippen molar-refractivity contribution in [1.29, 1.82) is 0 Å². The lowest BCUT2D eigenvalue weighted by Crippen LogP contribution is -2.44. The van der Waals surface area contributed by atoms with Gasteiger partial charge in [0.15, 0.2) is 0 Å². The van der Waals surface area contributed by atoms with Gasteiger partial charge >= 0.3 is 0 Å². The zero-order valence-electron chi connectivity index (χ0n) is 13.5. The minimum absolute atomic E-state index is 0.101. The van der Waals surface area contributed by atoms with Crippen LogP contribution in [0.4, 0.5) is 0 Å². The molecule has 1 aromatic heterocycles. The summed E-state index contributed by atoms with van der Waals surface area (Å²) in [5.74, 6) is 0.813. The normalized spacial score (nSPS) is 26.5. The van der Waals surface area contributed by atoms with E-state index >= 15 is 0 Å². The lowest BCUT2D eigenvalue weighted by Gasteiger charge is -2.35. The molecule has 23 heavy (non-hydrogen) atoms. The monoisotopic (exact) mass is 338 g/mol. The molecule has 0 bridgehead atoms. The number of sulfonamides is 1. The molecule has 7 heteroatoms. The van der Waals surface area contributed by atoms with E-state index in [9.17, 15) is 8.42 Å². The molecule has 2 fully saturated rings. The predicted octanol–water partition coefficient (Wildman–Crippen LogP) is 1.51. The van der Waals surface area contributed by atoms with Gasteiger partial charge in [-0.15, -0.1) is 0 Å². The lowest BCUT2D eigenvalue weighted by atomic mass is 10.1. The van der Waals surface area contributed by atoms with Crippen LogP contribution in [0, 0.1) is 5.92 Å². The van der Waals surface area contributed by atoms with E-state index in [-0.39, 0.29) is 11.3 Å². The Morgan fingerprint density at radius 2 is 2.00 bits per heavy atom. The summed E-state index contributed by atoms with van der Waals surface area (Å²) in [6, 6.07) is 2.16. The Hall–Kier alpha value is -0.920. The van der Waals surface area contributed by atoms with Crippen LogP contribution in [0.3, 0.4) is 0 Å². The van der Waals surface area contributed by atoms with Gasteiger partial charge < -0.3 is 0 Å². The van der Waals surface area contributed by atoms with Gasteiger partial charge in [-0.05, 0) is 37.7 Å². The van der Waals surface area contributed by atoms with Crippen LogP contribution in [0.5, 0.6) is 0 Å². The third-order valence-corrected chi connectivity index (χ3v) is 7.35. The Labute approximate surface area is 138 Å². The maximum absolute atomic E-state index is 12.1. The average molecular weight is 338 g/mol. The summed E-state index contributed by atoms with van der Waals surface area (Å²) in [6.45, 7) is 3.41. The summed E-state index contributed by atoms with van der Waals surface area (Å²) in [7, 11) is -3.12. The van der Waals surface area contributed by atoms with Gasteiger partial charge in [0.1, 0.15) is 0 Å². The molecular weight excluding hydrogens is 312 g/mol. The van der Waals surface area contributed by atoms with Crippen LogP contribution in [-0.4, -0.2) is 48.0 Å². The number of aromatic nitrogens is 2. The van der Waals surface area contributed by atoms with Gasteiger partial charge in [0.05, 0.1) is 17.0 Å². The number of hydrogen-bond acceptors (Lipinski definition) is 4. The molecule has 1 aliphatic heterocycles. The van der Waals surface area contributed by atoms with Gasteiger partial charge in [-0.25, -0.2) is 13.1 Å². The van der Waals surface area contributed by atoms with Gasteiger partial charge in [-0.3, -0.25) is 9.58 Å². The van der Waals surface area contributed by atoms with E-state index in [0.717, 1.165) is 38.4 Å². The molecule has 1 atom stereocenters. The number of fused-ring (bicyclic) bond motifs is 1. The van der Waals surface area contributed by atoms with E-state index in [4.69, 9.17) is 0 Å². The fraction of sp³-hybridized carbons (Fsp3) is 0.812. The van der Waals surface area contributed by atoms with E-state index in [0.29, 0.717) is 6.54 Å². The standard InChI is InChI=1S/C16H26N4O2S/c21-23(22,16-5-6-16)18-9-15-12-19(10-13-3-1-2-4-13)11-14-7-8-17-20(14)15/h7-8,13,15-16,18H,1-6,9-12H2/t15-/m1/s1. The summed E-state index contributed by atoms with van der Waals surface area (Å²) in [5, 5.41) is 4.27. The maximum atomic E-state index is 12.1. The first-order valence-electron chi connectivity index (χ1n) is 8.85. The second kappa shape index (κ2) is 6.18. The van der Waals surface area contributed by atoms with E-state index in [1.165, 1.54) is 31.4 Å². The van der Waals surface area contributed by atoms with Crippen molar-refractivity contribution in [2.24, 2.45) is 5.92 Å². The van der Waals surface area contributed by atoms with Gasteiger partial charge in [0.2, 0.25) is 10.0 Å². The molecule has 2 heterocycles. The highest BCUT2D eigenvalue weighted by Crippen LogP contribution is 2.30. The molecule has 128 valence electrons. The van der Waals surface area contributed by atoms with Crippen molar-refractivity contribution >= 4 is 10.0 Å². The van der Waals surface area contributed by atoms with Crippen molar-refractivity contribution in [2.75, 3.05) is 19.6 Å². The Morgan fingerprint density at radius 3 is 2.74 bits per heavy atom. The first-order valence-corrected chi connectivity index (χ1v) is 10.4. The first kappa shape index (κ1) is 15.6. The highest BCUT2D eigenvalue weighted by Gasteiger charge is 2.36.